The number of rotatable bonds is 2. The van der Waals surface area contributed by atoms with Gasteiger partial charge in [0.15, 0.2) is 0 Å². The highest BCUT2D eigenvalue weighted by atomic mass is 16.1. The molecule has 0 unspecified atom stereocenters. The van der Waals surface area contributed by atoms with Gasteiger partial charge in [-0.1, -0.05) is 0 Å². The number of hydrogen-bond acceptors (Lipinski definition) is 4. The van der Waals surface area contributed by atoms with Gasteiger partial charge in [-0.3, -0.25) is 20.4 Å². The fraction of sp³-hybridized carbons (Fsp3) is 0.200. The van der Waals surface area contributed by atoms with Crippen LogP contribution in [0.5, 0.6) is 0 Å². The average molecular weight is 212 g/mol. The molecule has 10 nitrogen and oxygen atoms in total. The summed E-state index contributed by atoms with van der Waals surface area (Å²) in [5.74, 6) is 0. The van der Waals surface area contributed by atoms with Crippen molar-refractivity contribution in [3.8, 4) is 0 Å². The Balaban J connectivity index is 2.47. The molecule has 0 saturated heterocycles. The fourth-order valence-electron chi connectivity index (χ4n) is 1.07. The number of hydrogen-bond donors (Lipinski definition) is 6. The van der Waals surface area contributed by atoms with Gasteiger partial charge in [0.1, 0.15) is 6.67 Å². The predicted octanol–water partition coefficient (Wildman–Crippen LogP) is -3.21. The van der Waals surface area contributed by atoms with Gasteiger partial charge < -0.3 is 0 Å². The third-order valence-electron chi connectivity index (χ3n) is 1.86. The molecule has 0 aromatic carbocycles. The van der Waals surface area contributed by atoms with Gasteiger partial charge in [-0.05, 0) is 0 Å². The van der Waals surface area contributed by atoms with Gasteiger partial charge in [-0.15, -0.1) is 0 Å². The first kappa shape index (κ1) is 9.05. The first-order valence-electron chi connectivity index (χ1n) is 3.94. The molecule has 6 N–H and O–H groups in total. The first-order chi connectivity index (χ1) is 7.09. The number of nitrogens with zero attached hydrogens (tertiary/aromatic N) is 2. The Morgan fingerprint density at radius 1 is 0.933 bits per heavy atom. The first-order valence-corrected chi connectivity index (χ1v) is 3.94. The van der Waals surface area contributed by atoms with E-state index in [1.54, 1.807) is 0 Å². The molecule has 0 aliphatic rings. The molecular formula is C5H8N8O2. The van der Waals surface area contributed by atoms with Gasteiger partial charge in [0.2, 0.25) is 11.0 Å². The largest absolute Gasteiger partial charge is 0.307 e. The molecule has 0 aliphatic heterocycles. The minimum absolute atomic E-state index is 0.0326. The lowest BCUT2D eigenvalue weighted by molar-refractivity contribution is 0.448. The van der Waals surface area contributed by atoms with Crippen molar-refractivity contribution in [3.05, 3.63) is 31.7 Å². The molecule has 0 radical (unpaired) electrons. The van der Waals surface area contributed by atoms with Gasteiger partial charge in [0.25, 0.3) is 0 Å². The monoisotopic (exact) mass is 212 g/mol. The Labute approximate surface area is 80.1 Å². The second kappa shape index (κ2) is 3.01. The molecule has 2 rings (SSSR count). The van der Waals surface area contributed by atoms with Crippen LogP contribution >= 0.6 is 0 Å². The summed E-state index contributed by atoms with van der Waals surface area (Å²) >= 11 is 0. The molecule has 0 fully saturated rings. The van der Waals surface area contributed by atoms with E-state index < -0.39 is 11.1 Å². The van der Waals surface area contributed by atoms with Crippen LogP contribution in [0, 0.1) is 10.8 Å². The Bertz CT molecular complexity index is 625. The zero-order chi connectivity index (χ0) is 11.0. The van der Waals surface area contributed by atoms with Crippen LogP contribution in [-0.4, -0.2) is 30.0 Å². The molecule has 0 aliphatic carbocycles. The highest BCUT2D eigenvalue weighted by molar-refractivity contribution is 4.69. The molecule has 15 heavy (non-hydrogen) atoms. The molecule has 0 saturated carbocycles. The summed E-state index contributed by atoms with van der Waals surface area (Å²) in [5.41, 5.74) is -1.71. The standard InChI is InChI=1S/C5H8N8O2/c6-2-4(14)8-10-12(2)1-13-3(7)5(15)9-11-13/h6-7,10-11H,1H2,(H,8,14)(H,9,15). The number of aromatic nitrogens is 6. The molecule has 2 aromatic rings. The average Bonchev–Trinajstić information content (AvgIpc) is 2.68. The number of H-pyrrole nitrogens is 4. The normalized spacial score (nSPS) is 10.7. The predicted molar refractivity (Wildman–Crippen MR) is 45.9 cm³/mol. The van der Waals surface area contributed by atoms with Crippen molar-refractivity contribution in [1.29, 1.82) is 10.8 Å². The quantitative estimate of drug-likeness (QED) is 0.310. The summed E-state index contributed by atoms with van der Waals surface area (Å²) < 4.78 is 2.29. The van der Waals surface area contributed by atoms with E-state index in [1.165, 1.54) is 0 Å². The second-order valence-corrected chi connectivity index (χ2v) is 2.83. The van der Waals surface area contributed by atoms with Crippen molar-refractivity contribution in [2.24, 2.45) is 0 Å². The Kier molecular flexibility index (Phi) is 1.81. The Hall–Kier alpha value is -2.52. The highest BCUT2D eigenvalue weighted by Crippen LogP contribution is 1.69. The van der Waals surface area contributed by atoms with Gasteiger partial charge in [0.05, 0.1) is 0 Å². The van der Waals surface area contributed by atoms with E-state index in [1.807, 2.05) is 0 Å². The third-order valence-corrected chi connectivity index (χ3v) is 1.86. The van der Waals surface area contributed by atoms with Crippen molar-refractivity contribution in [1.82, 2.24) is 30.0 Å². The summed E-state index contributed by atoms with van der Waals surface area (Å²) in [4.78, 5) is 21.8. The maximum Gasteiger partial charge on any atom is 0.307 e. The summed E-state index contributed by atoms with van der Waals surface area (Å²) in [6, 6.07) is 0. The van der Waals surface area contributed by atoms with Crippen molar-refractivity contribution >= 4 is 0 Å². The maximum absolute atomic E-state index is 10.9. The van der Waals surface area contributed by atoms with Crippen molar-refractivity contribution in [2.45, 2.75) is 6.67 Å². The zero-order valence-corrected chi connectivity index (χ0v) is 7.42. The highest BCUT2D eigenvalue weighted by Gasteiger charge is 2.02. The fourth-order valence-corrected chi connectivity index (χ4v) is 1.07. The van der Waals surface area contributed by atoms with Crippen molar-refractivity contribution in [2.75, 3.05) is 0 Å². The van der Waals surface area contributed by atoms with Crippen LogP contribution in [0.4, 0.5) is 0 Å². The van der Waals surface area contributed by atoms with E-state index in [0.717, 1.165) is 9.36 Å². The lowest BCUT2D eigenvalue weighted by Crippen LogP contribution is -2.35. The smallest absolute Gasteiger partial charge is 0.278 e. The minimum atomic E-state index is -0.569. The van der Waals surface area contributed by atoms with E-state index in [0.29, 0.717) is 0 Å². The third kappa shape index (κ3) is 1.37. The summed E-state index contributed by atoms with van der Waals surface area (Å²) in [7, 11) is 0. The maximum atomic E-state index is 10.9. The molecule has 0 bridgehead atoms. The topological polar surface area (TPSA) is 155 Å². The molecule has 0 spiro atoms. The molecule has 2 aromatic heterocycles. The Morgan fingerprint density at radius 2 is 1.33 bits per heavy atom. The molecule has 0 amide bonds. The van der Waals surface area contributed by atoms with Crippen molar-refractivity contribution < 1.29 is 0 Å². The molecule has 10 heteroatoms. The molecule has 0 atom stereocenters. The van der Waals surface area contributed by atoms with Crippen LogP contribution in [0.25, 0.3) is 0 Å². The van der Waals surface area contributed by atoms with Crippen LogP contribution in [0.2, 0.25) is 0 Å². The van der Waals surface area contributed by atoms with Gasteiger partial charge >= 0.3 is 11.1 Å². The van der Waals surface area contributed by atoms with Gasteiger partial charge in [-0.2, -0.15) is 0 Å². The zero-order valence-electron chi connectivity index (χ0n) is 7.42. The second-order valence-electron chi connectivity index (χ2n) is 2.83. The summed E-state index contributed by atoms with van der Waals surface area (Å²) in [6.45, 7) is -0.0326. The number of aromatic amines is 4. The van der Waals surface area contributed by atoms with Gasteiger partial charge in [-0.25, -0.2) is 30.0 Å². The van der Waals surface area contributed by atoms with E-state index >= 15 is 0 Å². The van der Waals surface area contributed by atoms with E-state index in [-0.39, 0.29) is 17.6 Å². The summed E-state index contributed by atoms with van der Waals surface area (Å²) in [6.07, 6.45) is 0. The van der Waals surface area contributed by atoms with E-state index in [9.17, 15) is 9.59 Å². The molecule has 80 valence electrons. The van der Waals surface area contributed by atoms with Crippen LogP contribution in [-0.2, 0) is 6.67 Å². The van der Waals surface area contributed by atoms with E-state index in [4.69, 9.17) is 10.8 Å². The number of nitrogens with one attached hydrogen (secondary N) is 6. The lowest BCUT2D eigenvalue weighted by atomic mass is 10.7. The van der Waals surface area contributed by atoms with Crippen LogP contribution in [0.1, 0.15) is 0 Å². The van der Waals surface area contributed by atoms with Crippen molar-refractivity contribution in [3.63, 3.8) is 0 Å². The Morgan fingerprint density at radius 3 is 1.60 bits per heavy atom. The molecular weight excluding hydrogens is 204 g/mol. The molecule has 2 heterocycles. The van der Waals surface area contributed by atoms with Crippen LogP contribution in [0.15, 0.2) is 9.59 Å². The van der Waals surface area contributed by atoms with Crippen LogP contribution in [0.3, 0.4) is 0 Å². The SMILES string of the molecule is N=c1c(=O)[nH][nH]n1Cn1[nH][nH]c(=O)c1=N. The summed E-state index contributed by atoms with van der Waals surface area (Å²) in [5, 5.41) is 23.8. The van der Waals surface area contributed by atoms with E-state index in [2.05, 4.69) is 20.6 Å². The van der Waals surface area contributed by atoms with Gasteiger partial charge in [0, 0.05) is 0 Å². The lowest BCUT2D eigenvalue weighted by Gasteiger charge is -2.00. The minimum Gasteiger partial charge on any atom is -0.278 e. The van der Waals surface area contributed by atoms with Crippen LogP contribution < -0.4 is 22.1 Å².